The molecule has 0 saturated carbocycles. The van der Waals surface area contributed by atoms with Crippen molar-refractivity contribution in [2.75, 3.05) is 0 Å². The van der Waals surface area contributed by atoms with Crippen LogP contribution in [0.5, 0.6) is 0 Å². The van der Waals surface area contributed by atoms with Crippen LogP contribution in [-0.4, -0.2) is 15.4 Å². The molecule has 0 N–H and O–H groups in total. The van der Waals surface area contributed by atoms with Crippen molar-refractivity contribution >= 4 is 0 Å². The third kappa shape index (κ3) is 3.40. The highest BCUT2D eigenvalue weighted by atomic mass is 16.5. The first-order chi connectivity index (χ1) is 13.1. The lowest BCUT2D eigenvalue weighted by molar-refractivity contribution is -0.0611. The summed E-state index contributed by atoms with van der Waals surface area (Å²) in [5.41, 5.74) is 7.07. The molecule has 3 nitrogen and oxygen atoms in total. The van der Waals surface area contributed by atoms with E-state index in [2.05, 4.69) is 94.8 Å². The molecule has 146 valence electrons. The largest absolute Gasteiger partial charge is 0.368 e. The van der Waals surface area contributed by atoms with E-state index in [0.29, 0.717) is 0 Å². The number of fused-ring (bicyclic) bond motifs is 5. The summed E-state index contributed by atoms with van der Waals surface area (Å²) in [6.07, 6.45) is 2.87. The second-order valence-corrected chi connectivity index (χ2v) is 9.66. The summed E-state index contributed by atoms with van der Waals surface area (Å²) in [6, 6.07) is 17.3. The van der Waals surface area contributed by atoms with Crippen LogP contribution in [0.25, 0.3) is 22.4 Å². The first kappa shape index (κ1) is 18.9. The quantitative estimate of drug-likeness (QED) is 0.494. The van der Waals surface area contributed by atoms with Gasteiger partial charge in [0, 0.05) is 17.5 Å². The fourth-order valence-corrected chi connectivity index (χ4v) is 4.11. The Balaban J connectivity index is 2.03. The second kappa shape index (κ2) is 6.59. The van der Waals surface area contributed by atoms with E-state index in [1.807, 2.05) is 6.20 Å². The molecule has 28 heavy (non-hydrogen) atoms. The first-order valence-electron chi connectivity index (χ1n) is 10.1. The van der Waals surface area contributed by atoms with Crippen LogP contribution in [0.2, 0.25) is 0 Å². The van der Waals surface area contributed by atoms with Crippen molar-refractivity contribution in [1.82, 2.24) is 9.78 Å². The summed E-state index contributed by atoms with van der Waals surface area (Å²) in [6.45, 7) is 13.0. The molecule has 0 radical (unpaired) electrons. The van der Waals surface area contributed by atoms with Gasteiger partial charge in [-0.15, -0.1) is 0 Å². The molecule has 1 atom stereocenters. The molecular weight excluding hydrogens is 344 g/mol. The number of rotatable bonds is 1. The fourth-order valence-electron chi connectivity index (χ4n) is 4.11. The molecule has 4 rings (SSSR count). The Morgan fingerprint density at radius 2 is 1.50 bits per heavy atom. The number of benzene rings is 2. The number of nitrogens with zero attached hydrogens (tertiary/aromatic N) is 2. The van der Waals surface area contributed by atoms with Crippen molar-refractivity contribution in [3.63, 3.8) is 0 Å². The van der Waals surface area contributed by atoms with Crippen molar-refractivity contribution in [1.29, 1.82) is 0 Å². The van der Waals surface area contributed by atoms with Gasteiger partial charge in [0.2, 0.25) is 0 Å². The Bertz CT molecular complexity index is 1000. The van der Waals surface area contributed by atoms with Crippen LogP contribution in [0.3, 0.4) is 0 Å². The molecule has 0 amide bonds. The molecule has 2 aromatic carbocycles. The van der Waals surface area contributed by atoms with Crippen molar-refractivity contribution in [2.24, 2.45) is 0 Å². The lowest BCUT2D eigenvalue weighted by Crippen LogP contribution is -2.26. The van der Waals surface area contributed by atoms with Crippen molar-refractivity contribution < 1.29 is 4.74 Å². The molecule has 1 aliphatic rings. The predicted molar refractivity (Wildman–Crippen MR) is 115 cm³/mol. The van der Waals surface area contributed by atoms with Crippen LogP contribution < -0.4 is 0 Å². The lowest BCUT2D eigenvalue weighted by atomic mass is 9.85. The summed E-state index contributed by atoms with van der Waals surface area (Å²) >= 11 is 0. The van der Waals surface area contributed by atoms with E-state index in [0.717, 1.165) is 6.42 Å². The van der Waals surface area contributed by atoms with E-state index in [1.54, 1.807) is 0 Å². The van der Waals surface area contributed by atoms with E-state index in [-0.39, 0.29) is 17.2 Å². The smallest absolute Gasteiger partial charge is 0.0878 e. The normalized spacial score (nSPS) is 16.6. The highest BCUT2D eigenvalue weighted by molar-refractivity contribution is 5.85. The summed E-state index contributed by atoms with van der Waals surface area (Å²) < 4.78 is 8.73. The minimum atomic E-state index is -0.218. The molecular formula is C25H30N2O. The Kier molecular flexibility index (Phi) is 4.46. The van der Waals surface area contributed by atoms with Crippen LogP contribution in [0.15, 0.2) is 54.7 Å². The van der Waals surface area contributed by atoms with E-state index in [1.165, 1.54) is 33.5 Å². The molecule has 0 fully saturated rings. The van der Waals surface area contributed by atoms with Gasteiger partial charge in [0.15, 0.2) is 0 Å². The van der Waals surface area contributed by atoms with Gasteiger partial charge in [0.25, 0.3) is 0 Å². The topological polar surface area (TPSA) is 27.1 Å². The highest BCUT2D eigenvalue weighted by Gasteiger charge is 2.31. The number of aromatic nitrogens is 2. The predicted octanol–water partition coefficient (Wildman–Crippen LogP) is 6.38. The van der Waals surface area contributed by atoms with Crippen LogP contribution in [0, 0.1) is 0 Å². The zero-order valence-electron chi connectivity index (χ0n) is 17.8. The molecule has 1 heterocycles. The third-order valence-corrected chi connectivity index (χ3v) is 5.18. The standard InChI is InChI=1S/C25H30N2O/c1-24(2,3)27-23-18-12-8-7-11-17(18)15-22(28-25(4,5)6)20-14-10-9-13-19(20)21(23)16-26-27/h7-14,16,22H,15H2,1-6H3. The summed E-state index contributed by atoms with van der Waals surface area (Å²) in [7, 11) is 0. The van der Waals surface area contributed by atoms with Crippen LogP contribution >= 0.6 is 0 Å². The van der Waals surface area contributed by atoms with Gasteiger partial charge >= 0.3 is 0 Å². The molecule has 3 heteroatoms. The molecule has 1 unspecified atom stereocenters. The van der Waals surface area contributed by atoms with E-state index < -0.39 is 0 Å². The molecule has 0 aliphatic heterocycles. The molecule has 0 bridgehead atoms. The minimum Gasteiger partial charge on any atom is -0.368 e. The average molecular weight is 375 g/mol. The van der Waals surface area contributed by atoms with Gasteiger partial charge < -0.3 is 4.74 Å². The first-order valence-corrected chi connectivity index (χ1v) is 10.1. The Hall–Kier alpha value is -2.39. The van der Waals surface area contributed by atoms with Gasteiger partial charge in [-0.3, -0.25) is 4.68 Å². The van der Waals surface area contributed by atoms with Gasteiger partial charge in [-0.1, -0.05) is 48.5 Å². The van der Waals surface area contributed by atoms with Gasteiger partial charge in [0.1, 0.15) is 0 Å². The fraction of sp³-hybridized carbons (Fsp3) is 0.400. The van der Waals surface area contributed by atoms with Crippen molar-refractivity contribution in [3.05, 3.63) is 65.9 Å². The van der Waals surface area contributed by atoms with E-state index in [4.69, 9.17) is 9.84 Å². The van der Waals surface area contributed by atoms with Crippen LogP contribution in [-0.2, 0) is 16.7 Å². The third-order valence-electron chi connectivity index (χ3n) is 5.18. The van der Waals surface area contributed by atoms with Crippen molar-refractivity contribution in [3.8, 4) is 22.4 Å². The highest BCUT2D eigenvalue weighted by Crippen LogP contribution is 2.44. The summed E-state index contributed by atoms with van der Waals surface area (Å²) in [5, 5.41) is 4.83. The lowest BCUT2D eigenvalue weighted by Gasteiger charge is -2.32. The van der Waals surface area contributed by atoms with Gasteiger partial charge in [-0.2, -0.15) is 5.10 Å². The maximum Gasteiger partial charge on any atom is 0.0878 e. The molecule has 0 spiro atoms. The monoisotopic (exact) mass is 374 g/mol. The van der Waals surface area contributed by atoms with Gasteiger partial charge in [-0.05, 0) is 58.2 Å². The molecule has 1 aliphatic carbocycles. The molecule has 1 aromatic heterocycles. The zero-order chi connectivity index (χ0) is 20.1. The van der Waals surface area contributed by atoms with Crippen LogP contribution in [0.1, 0.15) is 58.8 Å². The summed E-state index contributed by atoms with van der Waals surface area (Å²) in [5.74, 6) is 0. The molecule has 3 aromatic rings. The second-order valence-electron chi connectivity index (χ2n) is 9.66. The maximum absolute atomic E-state index is 6.56. The van der Waals surface area contributed by atoms with Gasteiger partial charge in [0.05, 0.1) is 29.1 Å². The van der Waals surface area contributed by atoms with E-state index in [9.17, 15) is 0 Å². The minimum absolute atomic E-state index is 0.00323. The van der Waals surface area contributed by atoms with Gasteiger partial charge in [-0.25, -0.2) is 0 Å². The Morgan fingerprint density at radius 3 is 2.18 bits per heavy atom. The van der Waals surface area contributed by atoms with Crippen molar-refractivity contribution in [2.45, 2.75) is 65.2 Å². The number of ether oxygens (including phenoxy) is 1. The summed E-state index contributed by atoms with van der Waals surface area (Å²) in [4.78, 5) is 0. The number of hydrogen-bond donors (Lipinski definition) is 0. The Morgan fingerprint density at radius 1 is 0.857 bits per heavy atom. The molecule has 0 saturated heterocycles. The maximum atomic E-state index is 6.56. The van der Waals surface area contributed by atoms with E-state index >= 15 is 0 Å². The Labute approximate surface area is 168 Å². The zero-order valence-corrected chi connectivity index (χ0v) is 17.8. The number of hydrogen-bond acceptors (Lipinski definition) is 2. The average Bonchev–Trinajstić information content (AvgIpc) is 3.04. The SMILES string of the molecule is CC(C)(C)OC1Cc2ccccc2-c2c(cnn2C(C)(C)C)-c2ccccc21. The van der Waals surface area contributed by atoms with Crippen LogP contribution in [0.4, 0.5) is 0 Å².